The Labute approximate surface area is 98.0 Å². The Kier molecular flexibility index (Phi) is 1.94. The van der Waals surface area contributed by atoms with E-state index >= 15 is 0 Å². The van der Waals surface area contributed by atoms with Crippen LogP contribution < -0.4 is 5.73 Å². The van der Waals surface area contributed by atoms with Gasteiger partial charge in [0.15, 0.2) is 0 Å². The van der Waals surface area contributed by atoms with E-state index in [0.29, 0.717) is 0 Å². The van der Waals surface area contributed by atoms with Gasteiger partial charge in [-0.05, 0) is 17.7 Å². The van der Waals surface area contributed by atoms with Gasteiger partial charge in [0.05, 0.1) is 5.54 Å². The molecule has 1 aliphatic rings. The number of rotatable bonds is 1. The van der Waals surface area contributed by atoms with Gasteiger partial charge in [-0.3, -0.25) is 0 Å². The maximum atomic E-state index is 13.0. The van der Waals surface area contributed by atoms with Crippen molar-refractivity contribution in [2.24, 2.45) is 12.8 Å². The van der Waals surface area contributed by atoms with Gasteiger partial charge < -0.3 is 10.3 Å². The molecule has 0 unspecified atom stereocenters. The lowest BCUT2D eigenvalue weighted by Gasteiger charge is -2.45. The first-order valence-corrected chi connectivity index (χ1v) is 5.63. The predicted octanol–water partition coefficient (Wildman–Crippen LogP) is 2.76. The zero-order valence-corrected chi connectivity index (χ0v) is 9.58. The number of aromatic nitrogens is 1. The minimum atomic E-state index is -2.61. The lowest BCUT2D eigenvalue weighted by atomic mass is 9.69. The quantitative estimate of drug-likeness (QED) is 0.811. The van der Waals surface area contributed by atoms with E-state index in [-0.39, 0.29) is 12.8 Å². The van der Waals surface area contributed by atoms with Crippen molar-refractivity contribution in [2.75, 3.05) is 0 Å². The van der Waals surface area contributed by atoms with Crippen LogP contribution in [0.3, 0.4) is 0 Å². The van der Waals surface area contributed by atoms with E-state index in [1.807, 2.05) is 42.1 Å². The molecular weight excluding hydrogens is 222 g/mol. The highest BCUT2D eigenvalue weighted by Gasteiger charge is 2.55. The summed E-state index contributed by atoms with van der Waals surface area (Å²) < 4.78 is 28.0. The number of benzene rings is 1. The van der Waals surface area contributed by atoms with E-state index in [0.717, 1.165) is 16.5 Å². The van der Waals surface area contributed by atoms with Crippen molar-refractivity contribution in [3.05, 3.63) is 36.0 Å². The third-order valence-electron chi connectivity index (χ3n) is 3.61. The Hall–Kier alpha value is -1.42. The van der Waals surface area contributed by atoms with Gasteiger partial charge in [0, 0.05) is 37.0 Å². The summed E-state index contributed by atoms with van der Waals surface area (Å²) in [4.78, 5) is 0. The molecule has 2 nitrogen and oxygen atoms in total. The van der Waals surface area contributed by atoms with Gasteiger partial charge in [0.1, 0.15) is 0 Å². The molecule has 1 fully saturated rings. The van der Waals surface area contributed by atoms with Crippen LogP contribution in [0.15, 0.2) is 30.5 Å². The lowest BCUT2D eigenvalue weighted by Crippen LogP contribution is -2.55. The third kappa shape index (κ3) is 1.47. The second kappa shape index (κ2) is 3.07. The van der Waals surface area contributed by atoms with Crippen LogP contribution in [-0.4, -0.2) is 10.5 Å². The molecule has 0 radical (unpaired) electrons. The average molecular weight is 236 g/mol. The molecule has 1 aromatic carbocycles. The molecule has 90 valence electrons. The Balaban J connectivity index is 2.13. The normalized spacial score (nSPS) is 21.4. The lowest BCUT2D eigenvalue weighted by molar-refractivity contribution is -0.124. The zero-order chi connectivity index (χ0) is 12.3. The first kappa shape index (κ1) is 10.7. The summed E-state index contributed by atoms with van der Waals surface area (Å²) in [6, 6.07) is 7.65. The molecule has 1 heterocycles. The van der Waals surface area contributed by atoms with E-state index in [1.165, 1.54) is 0 Å². The highest BCUT2D eigenvalue weighted by Crippen LogP contribution is 2.51. The van der Waals surface area contributed by atoms with Crippen LogP contribution in [0.25, 0.3) is 10.9 Å². The number of alkyl halides is 2. The maximum Gasteiger partial charge on any atom is 0.252 e. The molecule has 0 spiro atoms. The van der Waals surface area contributed by atoms with Gasteiger partial charge >= 0.3 is 0 Å². The van der Waals surface area contributed by atoms with Gasteiger partial charge in [-0.15, -0.1) is 0 Å². The number of fused-ring (bicyclic) bond motifs is 1. The van der Waals surface area contributed by atoms with Crippen molar-refractivity contribution in [3.8, 4) is 0 Å². The smallest absolute Gasteiger partial charge is 0.252 e. The van der Waals surface area contributed by atoms with E-state index in [1.54, 1.807) is 0 Å². The first-order valence-electron chi connectivity index (χ1n) is 5.63. The molecule has 0 bridgehead atoms. The number of nitrogens with two attached hydrogens (primary N) is 1. The third-order valence-corrected chi connectivity index (χ3v) is 3.61. The summed E-state index contributed by atoms with van der Waals surface area (Å²) in [5, 5.41) is 0.980. The monoisotopic (exact) mass is 236 g/mol. The number of hydrogen-bond donors (Lipinski definition) is 1. The average Bonchev–Trinajstić information content (AvgIpc) is 2.57. The van der Waals surface area contributed by atoms with Crippen molar-refractivity contribution in [1.82, 2.24) is 4.57 Å². The molecule has 17 heavy (non-hydrogen) atoms. The Bertz CT molecular complexity index is 578. The van der Waals surface area contributed by atoms with E-state index in [4.69, 9.17) is 5.73 Å². The maximum absolute atomic E-state index is 13.0. The van der Waals surface area contributed by atoms with Gasteiger partial charge in [0.25, 0.3) is 5.92 Å². The number of aryl methyl sites for hydroxylation is 1. The van der Waals surface area contributed by atoms with E-state index < -0.39 is 11.5 Å². The van der Waals surface area contributed by atoms with Gasteiger partial charge in [-0.25, -0.2) is 8.78 Å². The molecule has 2 aromatic rings. The molecular formula is C13H14F2N2. The van der Waals surface area contributed by atoms with Crippen molar-refractivity contribution in [1.29, 1.82) is 0 Å². The van der Waals surface area contributed by atoms with Gasteiger partial charge in [0.2, 0.25) is 0 Å². The Morgan fingerprint density at radius 3 is 2.59 bits per heavy atom. The van der Waals surface area contributed by atoms with Crippen molar-refractivity contribution in [3.63, 3.8) is 0 Å². The fraction of sp³-hybridized carbons (Fsp3) is 0.385. The van der Waals surface area contributed by atoms with Gasteiger partial charge in [-0.1, -0.05) is 12.1 Å². The minimum absolute atomic E-state index is 0.256. The van der Waals surface area contributed by atoms with Crippen LogP contribution in [-0.2, 0) is 12.6 Å². The Morgan fingerprint density at radius 2 is 1.94 bits per heavy atom. The van der Waals surface area contributed by atoms with Crippen LogP contribution in [0.1, 0.15) is 18.4 Å². The predicted molar refractivity (Wildman–Crippen MR) is 63.0 cm³/mol. The van der Waals surface area contributed by atoms with Crippen molar-refractivity contribution < 1.29 is 8.78 Å². The second-order valence-corrected chi connectivity index (χ2v) is 5.03. The topological polar surface area (TPSA) is 30.9 Å². The highest BCUT2D eigenvalue weighted by atomic mass is 19.3. The highest BCUT2D eigenvalue weighted by molar-refractivity contribution is 5.84. The fourth-order valence-corrected chi connectivity index (χ4v) is 2.80. The summed E-state index contributed by atoms with van der Waals surface area (Å²) in [6.07, 6.45) is 1.41. The fourth-order valence-electron chi connectivity index (χ4n) is 2.80. The molecule has 0 aliphatic heterocycles. The van der Waals surface area contributed by atoms with Crippen LogP contribution in [0, 0.1) is 0 Å². The summed E-state index contributed by atoms with van der Waals surface area (Å²) in [5.74, 6) is -2.61. The molecule has 1 saturated carbocycles. The largest absolute Gasteiger partial charge is 0.351 e. The standard InChI is InChI=1S/C13H14F2N2/c1-17-6-5-9-10(3-2-4-11(9)17)12(16)7-13(14,15)8-12/h2-6H,7-8,16H2,1H3. The van der Waals surface area contributed by atoms with Gasteiger partial charge in [-0.2, -0.15) is 0 Å². The SMILES string of the molecule is Cn1ccc2c(C3(N)CC(F)(F)C3)cccc21. The summed E-state index contributed by atoms with van der Waals surface area (Å²) in [7, 11) is 1.94. The van der Waals surface area contributed by atoms with Crippen molar-refractivity contribution in [2.45, 2.75) is 24.3 Å². The van der Waals surface area contributed by atoms with Crippen LogP contribution in [0.2, 0.25) is 0 Å². The molecule has 1 aliphatic carbocycles. The first-order chi connectivity index (χ1) is 7.91. The van der Waals surface area contributed by atoms with Crippen LogP contribution in [0.5, 0.6) is 0 Å². The molecule has 3 rings (SSSR count). The summed E-state index contributed by atoms with van der Waals surface area (Å²) >= 11 is 0. The molecule has 0 saturated heterocycles. The zero-order valence-electron chi connectivity index (χ0n) is 9.58. The second-order valence-electron chi connectivity index (χ2n) is 5.03. The van der Waals surface area contributed by atoms with Crippen LogP contribution in [0.4, 0.5) is 8.78 Å². The van der Waals surface area contributed by atoms with E-state index in [2.05, 4.69) is 0 Å². The number of nitrogens with zero attached hydrogens (tertiary/aromatic N) is 1. The van der Waals surface area contributed by atoms with Crippen LogP contribution >= 0.6 is 0 Å². The molecule has 0 atom stereocenters. The Morgan fingerprint density at radius 1 is 1.24 bits per heavy atom. The summed E-state index contributed by atoms with van der Waals surface area (Å²) in [5.41, 5.74) is 7.08. The van der Waals surface area contributed by atoms with Crippen molar-refractivity contribution >= 4 is 10.9 Å². The molecule has 1 aromatic heterocycles. The summed E-state index contributed by atoms with van der Waals surface area (Å²) in [6.45, 7) is 0. The van der Waals surface area contributed by atoms with E-state index in [9.17, 15) is 8.78 Å². The molecule has 0 amide bonds. The molecule has 4 heteroatoms. The minimum Gasteiger partial charge on any atom is -0.351 e. The number of halogens is 2. The number of hydrogen-bond acceptors (Lipinski definition) is 1. The molecule has 2 N–H and O–H groups in total.